The van der Waals surface area contributed by atoms with Crippen LogP contribution in [0.25, 0.3) is 11.5 Å². The van der Waals surface area contributed by atoms with E-state index in [2.05, 4.69) is 30.5 Å². The molecule has 0 bridgehead atoms. The summed E-state index contributed by atoms with van der Waals surface area (Å²) in [6, 6.07) is 12.3. The number of carbonyl (C=O) groups is 1. The highest BCUT2D eigenvalue weighted by Gasteiger charge is 2.13. The molecule has 3 heterocycles. The van der Waals surface area contributed by atoms with Crippen molar-refractivity contribution in [2.75, 3.05) is 5.32 Å². The van der Waals surface area contributed by atoms with E-state index in [-0.39, 0.29) is 11.9 Å². The second-order valence-electron chi connectivity index (χ2n) is 6.69. The van der Waals surface area contributed by atoms with Crippen LogP contribution in [0, 0.1) is 0 Å². The Kier molecular flexibility index (Phi) is 5.42. The average molecular weight is 401 g/mol. The molecule has 30 heavy (non-hydrogen) atoms. The molecule has 0 fully saturated rings. The van der Waals surface area contributed by atoms with Gasteiger partial charge in [-0.25, -0.2) is 9.97 Å². The number of nitrogens with zero attached hydrogens (tertiary/aromatic N) is 6. The smallest absolute Gasteiger partial charge is 0.256 e. The number of benzene rings is 1. The SMILES string of the molecule is CC(C)n1cnnc1-c1cccc(NC(=O)c2cccc(Oc3cnccn3)c2)n1. The van der Waals surface area contributed by atoms with Crippen molar-refractivity contribution in [2.24, 2.45) is 0 Å². The van der Waals surface area contributed by atoms with Crippen LogP contribution in [0.4, 0.5) is 5.82 Å². The van der Waals surface area contributed by atoms with Gasteiger partial charge in [0.2, 0.25) is 5.88 Å². The van der Waals surface area contributed by atoms with E-state index < -0.39 is 0 Å². The molecule has 0 aliphatic carbocycles. The number of hydrogen-bond donors (Lipinski definition) is 1. The molecular weight excluding hydrogens is 382 g/mol. The minimum Gasteiger partial charge on any atom is -0.437 e. The first-order valence-electron chi connectivity index (χ1n) is 9.32. The highest BCUT2D eigenvalue weighted by molar-refractivity contribution is 6.04. The molecule has 9 heteroatoms. The third-order valence-corrected chi connectivity index (χ3v) is 4.21. The van der Waals surface area contributed by atoms with Crippen molar-refractivity contribution < 1.29 is 9.53 Å². The summed E-state index contributed by atoms with van der Waals surface area (Å²) in [5.41, 5.74) is 1.05. The number of nitrogens with one attached hydrogen (secondary N) is 1. The van der Waals surface area contributed by atoms with Gasteiger partial charge in [0.15, 0.2) is 5.82 Å². The predicted octanol–water partition coefficient (Wildman–Crippen LogP) is 3.76. The summed E-state index contributed by atoms with van der Waals surface area (Å²) < 4.78 is 7.55. The minimum absolute atomic E-state index is 0.187. The van der Waals surface area contributed by atoms with Crippen LogP contribution in [0.2, 0.25) is 0 Å². The number of anilines is 1. The second-order valence-corrected chi connectivity index (χ2v) is 6.69. The molecule has 0 atom stereocenters. The number of carbonyl (C=O) groups excluding carboxylic acids is 1. The number of aromatic nitrogens is 6. The first-order chi connectivity index (χ1) is 14.6. The van der Waals surface area contributed by atoms with Crippen molar-refractivity contribution in [3.8, 4) is 23.1 Å². The van der Waals surface area contributed by atoms with E-state index in [4.69, 9.17) is 4.74 Å². The summed E-state index contributed by atoms with van der Waals surface area (Å²) in [6.07, 6.45) is 6.25. The topological polar surface area (TPSA) is 108 Å². The molecule has 4 rings (SSSR count). The maximum Gasteiger partial charge on any atom is 0.256 e. The first-order valence-corrected chi connectivity index (χ1v) is 9.32. The van der Waals surface area contributed by atoms with Crippen LogP contribution in [0.3, 0.4) is 0 Å². The molecule has 0 saturated carbocycles. The van der Waals surface area contributed by atoms with Gasteiger partial charge in [-0.05, 0) is 44.2 Å². The van der Waals surface area contributed by atoms with E-state index in [1.54, 1.807) is 42.9 Å². The minimum atomic E-state index is -0.311. The lowest BCUT2D eigenvalue weighted by atomic mass is 10.2. The molecule has 3 aromatic heterocycles. The maximum atomic E-state index is 12.7. The predicted molar refractivity (Wildman–Crippen MR) is 110 cm³/mol. The van der Waals surface area contributed by atoms with Crippen LogP contribution in [0.5, 0.6) is 11.6 Å². The van der Waals surface area contributed by atoms with Gasteiger partial charge in [0, 0.05) is 24.0 Å². The molecule has 1 aromatic carbocycles. The van der Waals surface area contributed by atoms with Gasteiger partial charge in [-0.1, -0.05) is 12.1 Å². The first kappa shape index (κ1) is 19.2. The fraction of sp³-hybridized carbons (Fsp3) is 0.143. The molecule has 0 aliphatic rings. The van der Waals surface area contributed by atoms with Gasteiger partial charge in [-0.3, -0.25) is 9.78 Å². The van der Waals surface area contributed by atoms with Crippen LogP contribution in [-0.4, -0.2) is 35.6 Å². The van der Waals surface area contributed by atoms with E-state index in [9.17, 15) is 4.79 Å². The number of pyridine rings is 1. The molecule has 4 aromatic rings. The number of rotatable bonds is 6. The Balaban J connectivity index is 1.52. The monoisotopic (exact) mass is 401 g/mol. The molecule has 0 spiro atoms. The number of ether oxygens (including phenoxy) is 1. The normalized spacial score (nSPS) is 10.8. The summed E-state index contributed by atoms with van der Waals surface area (Å²) in [5, 5.41) is 10.9. The average Bonchev–Trinajstić information content (AvgIpc) is 3.25. The van der Waals surface area contributed by atoms with Crippen LogP contribution < -0.4 is 10.1 Å². The molecule has 150 valence electrons. The fourth-order valence-electron chi connectivity index (χ4n) is 2.78. The highest BCUT2D eigenvalue weighted by Crippen LogP contribution is 2.22. The maximum absolute atomic E-state index is 12.7. The van der Waals surface area contributed by atoms with Crippen molar-refractivity contribution >= 4 is 11.7 Å². The second kappa shape index (κ2) is 8.48. The third-order valence-electron chi connectivity index (χ3n) is 4.21. The Morgan fingerprint density at radius 3 is 2.80 bits per heavy atom. The molecule has 1 N–H and O–H groups in total. The zero-order chi connectivity index (χ0) is 20.9. The largest absolute Gasteiger partial charge is 0.437 e. The van der Waals surface area contributed by atoms with Crippen LogP contribution >= 0.6 is 0 Å². The standard InChI is InChI=1S/C21H19N7O2/c1-14(2)28-13-24-27-20(28)17-7-4-8-18(25-17)26-21(29)15-5-3-6-16(11-15)30-19-12-22-9-10-23-19/h3-14H,1-2H3,(H,25,26,29). The van der Waals surface area contributed by atoms with Crippen molar-refractivity contribution in [3.05, 3.63) is 72.9 Å². The van der Waals surface area contributed by atoms with Gasteiger partial charge in [0.25, 0.3) is 5.91 Å². The Morgan fingerprint density at radius 1 is 1.13 bits per heavy atom. The van der Waals surface area contributed by atoms with Gasteiger partial charge in [-0.2, -0.15) is 0 Å². The summed E-state index contributed by atoms with van der Waals surface area (Å²) in [5.74, 6) is 1.57. The molecule has 0 aliphatic heterocycles. The molecule has 0 saturated heterocycles. The van der Waals surface area contributed by atoms with Crippen LogP contribution in [0.15, 0.2) is 67.4 Å². The van der Waals surface area contributed by atoms with Gasteiger partial charge >= 0.3 is 0 Å². The zero-order valence-corrected chi connectivity index (χ0v) is 16.4. The Morgan fingerprint density at radius 2 is 2.00 bits per heavy atom. The van der Waals surface area contributed by atoms with E-state index >= 15 is 0 Å². The molecule has 0 radical (unpaired) electrons. The van der Waals surface area contributed by atoms with Crippen LogP contribution in [0.1, 0.15) is 30.2 Å². The van der Waals surface area contributed by atoms with Gasteiger partial charge < -0.3 is 14.6 Å². The fourth-order valence-corrected chi connectivity index (χ4v) is 2.78. The third kappa shape index (κ3) is 4.30. The van der Waals surface area contributed by atoms with Crippen molar-refractivity contribution in [3.63, 3.8) is 0 Å². The zero-order valence-electron chi connectivity index (χ0n) is 16.4. The van der Waals surface area contributed by atoms with Gasteiger partial charge in [0.1, 0.15) is 23.6 Å². The number of hydrogen-bond acceptors (Lipinski definition) is 7. The van der Waals surface area contributed by atoms with Crippen molar-refractivity contribution in [2.45, 2.75) is 19.9 Å². The summed E-state index contributed by atoms with van der Waals surface area (Å²) in [4.78, 5) is 25.2. The molecule has 9 nitrogen and oxygen atoms in total. The quantitative estimate of drug-likeness (QED) is 0.524. The van der Waals surface area contributed by atoms with Gasteiger partial charge in [-0.15, -0.1) is 10.2 Å². The summed E-state index contributed by atoms with van der Waals surface area (Å²) >= 11 is 0. The lowest BCUT2D eigenvalue weighted by molar-refractivity contribution is 0.102. The van der Waals surface area contributed by atoms with E-state index in [1.165, 1.54) is 12.4 Å². The van der Waals surface area contributed by atoms with Gasteiger partial charge in [0.05, 0.1) is 6.20 Å². The Bertz CT molecular complexity index is 1160. The van der Waals surface area contributed by atoms with Crippen molar-refractivity contribution in [1.82, 2.24) is 29.7 Å². The molecular formula is C21H19N7O2. The summed E-state index contributed by atoms with van der Waals surface area (Å²) in [6.45, 7) is 4.07. The molecule has 1 amide bonds. The van der Waals surface area contributed by atoms with E-state index in [0.717, 1.165) is 0 Å². The lowest BCUT2D eigenvalue weighted by Crippen LogP contribution is -2.13. The number of amides is 1. The lowest BCUT2D eigenvalue weighted by Gasteiger charge is -2.11. The van der Waals surface area contributed by atoms with Crippen molar-refractivity contribution in [1.29, 1.82) is 0 Å². The Labute approximate surface area is 172 Å². The van der Waals surface area contributed by atoms with Crippen LogP contribution in [-0.2, 0) is 0 Å². The Hall–Kier alpha value is -4.14. The summed E-state index contributed by atoms with van der Waals surface area (Å²) in [7, 11) is 0. The van der Waals surface area contributed by atoms with E-state index in [1.807, 2.05) is 30.5 Å². The molecule has 0 unspecified atom stereocenters. The van der Waals surface area contributed by atoms with E-state index in [0.29, 0.717) is 34.5 Å². The highest BCUT2D eigenvalue weighted by atomic mass is 16.5.